The Hall–Kier alpha value is -3.91. The van der Waals surface area contributed by atoms with Gasteiger partial charge in [0, 0.05) is 23.5 Å². The van der Waals surface area contributed by atoms with Crippen LogP contribution in [0.4, 0.5) is 5.69 Å². The number of benzene rings is 2. The number of carbonyl (C=O) groups excluding carboxylic acids is 2. The number of halogens is 2. The highest BCUT2D eigenvalue weighted by molar-refractivity contribution is 7.99. The van der Waals surface area contributed by atoms with E-state index in [1.807, 2.05) is 18.2 Å². The summed E-state index contributed by atoms with van der Waals surface area (Å²) in [6.07, 6.45) is 5.48. The number of amides is 2. The highest BCUT2D eigenvalue weighted by atomic mass is 35.5. The minimum atomic E-state index is -0.796. The number of hydrogen-bond donors (Lipinski definition) is 2. The third kappa shape index (κ3) is 7.44. The molecule has 2 aromatic carbocycles. The second-order valence-corrected chi connectivity index (χ2v) is 11.7. The van der Waals surface area contributed by atoms with E-state index in [2.05, 4.69) is 43.0 Å². The number of thioether (sulfide) groups is 1. The molecule has 1 aliphatic rings. The molecule has 12 heteroatoms. The van der Waals surface area contributed by atoms with Crippen molar-refractivity contribution >= 4 is 52.5 Å². The number of pyridine rings is 1. The normalized spacial score (nSPS) is 12.8. The zero-order valence-electron chi connectivity index (χ0n) is 22.2. The molecule has 2 aromatic heterocycles. The Balaban J connectivity index is 1.18. The smallest absolute Gasteiger partial charge is 0.252 e. The van der Waals surface area contributed by atoms with Crippen LogP contribution in [0, 0.1) is 11.8 Å². The number of hydrogen-bond acceptors (Lipinski definition) is 7. The topological polar surface area (TPSA) is 115 Å². The van der Waals surface area contributed by atoms with E-state index >= 15 is 0 Å². The number of nitrogens with one attached hydrogen (secondary N) is 2. The Labute approximate surface area is 251 Å². The molecule has 208 valence electrons. The fraction of sp³-hybridized carbons (Fsp3) is 0.241. The van der Waals surface area contributed by atoms with Crippen molar-refractivity contribution in [1.82, 2.24) is 30.5 Å². The minimum Gasteiger partial charge on any atom is -0.336 e. The number of tetrazole rings is 1. The lowest BCUT2D eigenvalue weighted by molar-refractivity contribution is -0.113. The van der Waals surface area contributed by atoms with Crippen LogP contribution in [-0.2, 0) is 4.79 Å². The van der Waals surface area contributed by atoms with Crippen molar-refractivity contribution in [3.63, 3.8) is 0 Å². The van der Waals surface area contributed by atoms with E-state index in [9.17, 15) is 9.59 Å². The van der Waals surface area contributed by atoms with Crippen LogP contribution in [0.5, 0.6) is 0 Å². The lowest BCUT2D eigenvalue weighted by Crippen LogP contribution is -2.42. The quantitative estimate of drug-likeness (QED) is 0.200. The number of aromatic nitrogens is 5. The van der Waals surface area contributed by atoms with Gasteiger partial charge in [-0.3, -0.25) is 14.6 Å². The summed E-state index contributed by atoms with van der Waals surface area (Å²) in [5.74, 6) is 6.20. The van der Waals surface area contributed by atoms with Gasteiger partial charge in [-0.25, -0.2) is 0 Å². The third-order valence-electron chi connectivity index (χ3n) is 6.15. The maximum atomic E-state index is 12.7. The third-order valence-corrected chi connectivity index (χ3v) is 7.69. The number of carbonyl (C=O) groups is 2. The molecule has 2 amide bonds. The van der Waals surface area contributed by atoms with Crippen LogP contribution in [0.2, 0.25) is 10.0 Å². The summed E-state index contributed by atoms with van der Waals surface area (Å²) < 4.78 is 1.53. The van der Waals surface area contributed by atoms with Crippen molar-refractivity contribution in [2.75, 3.05) is 11.1 Å². The standard InChI is InChI=1S/C29H25Cl2N7O2S/c1-29(2,34-27(40)20-10-13-32-14-11-20)12-9-18-3-7-24(22(30)15-18)33-26(39)17-41-28-35-36-37-38(28)25-8-6-21(16-23(25)31)19-4-5-19/h3,6-8,10-11,13-16,19H,4-5,17H2,1-2H3,(H,33,39)(H,34,40). The van der Waals surface area contributed by atoms with E-state index in [0.29, 0.717) is 43.6 Å². The Morgan fingerprint density at radius 2 is 1.85 bits per heavy atom. The van der Waals surface area contributed by atoms with Crippen LogP contribution in [0.15, 0.2) is 66.1 Å². The van der Waals surface area contributed by atoms with Gasteiger partial charge in [0.1, 0.15) is 0 Å². The molecule has 0 saturated heterocycles. The van der Waals surface area contributed by atoms with Crippen molar-refractivity contribution in [1.29, 1.82) is 0 Å². The van der Waals surface area contributed by atoms with Crippen LogP contribution in [0.3, 0.4) is 0 Å². The van der Waals surface area contributed by atoms with E-state index in [1.54, 1.807) is 56.6 Å². The van der Waals surface area contributed by atoms with E-state index < -0.39 is 5.54 Å². The molecule has 1 saturated carbocycles. The van der Waals surface area contributed by atoms with E-state index in [-0.39, 0.29) is 17.6 Å². The molecule has 1 aliphatic carbocycles. The summed E-state index contributed by atoms with van der Waals surface area (Å²) in [6, 6.07) is 14.2. The van der Waals surface area contributed by atoms with Crippen LogP contribution in [-0.4, -0.2) is 48.3 Å². The maximum Gasteiger partial charge on any atom is 0.252 e. The Morgan fingerprint density at radius 3 is 2.56 bits per heavy atom. The zero-order valence-corrected chi connectivity index (χ0v) is 24.5. The van der Waals surface area contributed by atoms with Crippen LogP contribution in [0.25, 0.3) is 5.69 Å². The Kier molecular flexibility index (Phi) is 8.59. The van der Waals surface area contributed by atoms with Crippen LogP contribution >= 0.6 is 35.0 Å². The number of anilines is 1. The highest BCUT2D eigenvalue weighted by Crippen LogP contribution is 2.41. The predicted octanol–water partition coefficient (Wildman–Crippen LogP) is 5.53. The molecule has 0 aliphatic heterocycles. The van der Waals surface area contributed by atoms with E-state index in [1.165, 1.54) is 34.8 Å². The van der Waals surface area contributed by atoms with Gasteiger partial charge in [0.15, 0.2) is 0 Å². The van der Waals surface area contributed by atoms with Crippen molar-refractivity contribution in [2.45, 2.75) is 43.3 Å². The zero-order chi connectivity index (χ0) is 29.0. The molecule has 0 spiro atoms. The molecule has 0 radical (unpaired) electrons. The first-order valence-corrected chi connectivity index (χ1v) is 14.5. The molecule has 4 aromatic rings. The average Bonchev–Trinajstić information content (AvgIpc) is 3.70. The van der Waals surface area contributed by atoms with Gasteiger partial charge < -0.3 is 10.6 Å². The summed E-state index contributed by atoms with van der Waals surface area (Å²) in [7, 11) is 0. The summed E-state index contributed by atoms with van der Waals surface area (Å²) in [5, 5.41) is 18.9. The molecule has 0 unspecified atom stereocenters. The first-order chi connectivity index (χ1) is 19.7. The average molecular weight is 607 g/mol. The second-order valence-electron chi connectivity index (χ2n) is 9.95. The van der Waals surface area contributed by atoms with Gasteiger partial charge in [-0.1, -0.05) is 52.9 Å². The van der Waals surface area contributed by atoms with Crippen molar-refractivity contribution in [2.24, 2.45) is 0 Å². The van der Waals surface area contributed by atoms with Gasteiger partial charge in [0.25, 0.3) is 5.91 Å². The minimum absolute atomic E-state index is 0.0569. The summed E-state index contributed by atoms with van der Waals surface area (Å²) in [5.41, 5.74) is 2.66. The molecule has 9 nitrogen and oxygen atoms in total. The predicted molar refractivity (Wildman–Crippen MR) is 160 cm³/mol. The van der Waals surface area contributed by atoms with Gasteiger partial charge in [0.2, 0.25) is 11.1 Å². The van der Waals surface area contributed by atoms with Gasteiger partial charge in [-0.15, -0.1) is 5.10 Å². The highest BCUT2D eigenvalue weighted by Gasteiger charge is 2.25. The molecule has 41 heavy (non-hydrogen) atoms. The fourth-order valence-corrected chi connectivity index (χ4v) is 5.10. The largest absolute Gasteiger partial charge is 0.336 e. The van der Waals surface area contributed by atoms with Crippen LogP contribution < -0.4 is 10.6 Å². The summed E-state index contributed by atoms with van der Waals surface area (Å²) >= 11 is 14.1. The molecule has 5 rings (SSSR count). The van der Waals surface area contributed by atoms with Crippen LogP contribution in [0.1, 0.15) is 54.1 Å². The number of rotatable bonds is 8. The maximum absolute atomic E-state index is 12.7. The molecular formula is C29H25Cl2N7O2S. The molecule has 1 fully saturated rings. The molecular weight excluding hydrogens is 581 g/mol. The molecule has 0 atom stereocenters. The lowest BCUT2D eigenvalue weighted by Gasteiger charge is -2.19. The van der Waals surface area contributed by atoms with Crippen molar-refractivity contribution in [3.8, 4) is 17.5 Å². The monoisotopic (exact) mass is 605 g/mol. The lowest BCUT2D eigenvalue weighted by atomic mass is 10.0. The summed E-state index contributed by atoms with van der Waals surface area (Å²) in [6.45, 7) is 3.61. The number of nitrogens with zero attached hydrogens (tertiary/aromatic N) is 5. The fourth-order valence-electron chi connectivity index (χ4n) is 3.92. The van der Waals surface area contributed by atoms with Crippen molar-refractivity contribution < 1.29 is 9.59 Å². The SMILES string of the molecule is CC(C)(C#Cc1ccc(NC(=O)CSc2nnnn2-c2ccc(C3CC3)cc2Cl)c(Cl)c1)NC(=O)c1ccncc1. The van der Waals surface area contributed by atoms with Gasteiger partial charge in [-0.2, -0.15) is 4.68 Å². The molecule has 2 heterocycles. The van der Waals surface area contributed by atoms with Crippen molar-refractivity contribution in [3.05, 3.63) is 87.7 Å². The van der Waals surface area contributed by atoms with Gasteiger partial charge >= 0.3 is 0 Å². The Bertz CT molecular complexity index is 1660. The van der Waals surface area contributed by atoms with Gasteiger partial charge in [-0.05, 0) is 91.1 Å². The van der Waals surface area contributed by atoms with E-state index in [4.69, 9.17) is 23.2 Å². The summed E-state index contributed by atoms with van der Waals surface area (Å²) in [4.78, 5) is 29.1. The first kappa shape index (κ1) is 28.6. The Morgan fingerprint density at radius 1 is 1.07 bits per heavy atom. The van der Waals surface area contributed by atoms with E-state index in [0.717, 1.165) is 0 Å². The first-order valence-electron chi connectivity index (χ1n) is 12.7. The van der Waals surface area contributed by atoms with Gasteiger partial charge in [0.05, 0.1) is 32.7 Å². The molecule has 0 bridgehead atoms. The molecule has 2 N–H and O–H groups in total. The second kappa shape index (κ2) is 12.3.